The number of aliphatic hydroxyl groups excluding tert-OH is 2. The van der Waals surface area contributed by atoms with Crippen LogP contribution in [0.15, 0.2) is 39.8 Å². The van der Waals surface area contributed by atoms with Gasteiger partial charge in [0.05, 0.1) is 12.2 Å². The number of fused-ring (bicyclic) bond motifs is 4. The SMILES string of the molecule is CC(=O)OC[C@@]1(C)C2CC(O)[C@@]3(C)Oc4cc(-c5cccnc5)oc(=O)c4C(O)C3[C@@]2(C)CC[C@@H]1OC(C)=O. The highest BCUT2D eigenvalue weighted by Crippen LogP contribution is 2.67. The standard InChI is InChI=1S/C29H35NO9/c1-15(31)36-14-28(4)20-12-21(33)29(5)25(27(20,3)9-8-22(28)37-16(2)32)24(34)23-19(39-29)11-18(38-26(23)35)17-7-6-10-30-13-17/h6-7,10-11,13,20-22,24-25,33-34H,8-9,12,14H2,1-5H3/t20?,21?,22-,24?,25?,27-,28-,29+/m0/s1. The summed E-state index contributed by atoms with van der Waals surface area (Å²) in [6.07, 6.45) is 1.46. The second-order valence-electron chi connectivity index (χ2n) is 11.9. The maximum atomic E-state index is 13.3. The number of hydrogen-bond donors (Lipinski definition) is 2. The Balaban J connectivity index is 1.61. The highest BCUT2D eigenvalue weighted by Gasteiger charge is 2.69. The summed E-state index contributed by atoms with van der Waals surface area (Å²) in [6, 6.07) is 5.02. The third kappa shape index (κ3) is 4.24. The van der Waals surface area contributed by atoms with Crippen molar-refractivity contribution >= 4 is 11.9 Å². The molecule has 2 aliphatic carbocycles. The number of carbonyl (C=O) groups is 2. The molecule has 2 aromatic heterocycles. The van der Waals surface area contributed by atoms with Crippen LogP contribution in [0.5, 0.6) is 5.75 Å². The quantitative estimate of drug-likeness (QED) is 0.554. The van der Waals surface area contributed by atoms with Crippen LogP contribution in [0.1, 0.15) is 65.5 Å². The lowest BCUT2D eigenvalue weighted by atomic mass is 9.42. The molecule has 1 aliphatic heterocycles. The van der Waals surface area contributed by atoms with E-state index in [0.717, 1.165) is 0 Å². The van der Waals surface area contributed by atoms with E-state index in [1.165, 1.54) is 13.8 Å². The Kier molecular flexibility index (Phi) is 6.62. The zero-order chi connectivity index (χ0) is 28.3. The van der Waals surface area contributed by atoms with Crippen LogP contribution in [0.25, 0.3) is 11.3 Å². The number of carbonyl (C=O) groups excluding carboxylic acids is 2. The van der Waals surface area contributed by atoms with Gasteiger partial charge in [-0.25, -0.2) is 4.79 Å². The van der Waals surface area contributed by atoms with Crippen molar-refractivity contribution in [3.8, 4) is 17.1 Å². The van der Waals surface area contributed by atoms with Crippen molar-refractivity contribution < 1.29 is 38.4 Å². The zero-order valence-corrected chi connectivity index (χ0v) is 22.8. The van der Waals surface area contributed by atoms with Gasteiger partial charge in [0.15, 0.2) is 0 Å². The van der Waals surface area contributed by atoms with Crippen molar-refractivity contribution in [2.24, 2.45) is 22.7 Å². The van der Waals surface area contributed by atoms with Gasteiger partial charge in [-0.1, -0.05) is 13.8 Å². The van der Waals surface area contributed by atoms with E-state index in [0.29, 0.717) is 18.4 Å². The Morgan fingerprint density at radius 2 is 1.92 bits per heavy atom. The molecule has 39 heavy (non-hydrogen) atoms. The van der Waals surface area contributed by atoms with Gasteiger partial charge in [0.25, 0.3) is 0 Å². The summed E-state index contributed by atoms with van der Waals surface area (Å²) < 4.78 is 23.2. The monoisotopic (exact) mass is 541 g/mol. The number of pyridine rings is 1. The first kappa shape index (κ1) is 27.3. The first-order valence-corrected chi connectivity index (χ1v) is 13.3. The van der Waals surface area contributed by atoms with Crippen LogP contribution in [0, 0.1) is 22.7 Å². The van der Waals surface area contributed by atoms with Crippen LogP contribution in [0.2, 0.25) is 0 Å². The Morgan fingerprint density at radius 3 is 2.56 bits per heavy atom. The molecule has 0 radical (unpaired) electrons. The van der Waals surface area contributed by atoms with Crippen LogP contribution >= 0.6 is 0 Å². The van der Waals surface area contributed by atoms with Gasteiger partial charge >= 0.3 is 17.6 Å². The summed E-state index contributed by atoms with van der Waals surface area (Å²) in [6.45, 7) is 8.28. The molecular weight excluding hydrogens is 506 g/mol. The smallest absolute Gasteiger partial charge is 0.345 e. The summed E-state index contributed by atoms with van der Waals surface area (Å²) in [7, 11) is 0. The van der Waals surface area contributed by atoms with Gasteiger partial charge in [-0.2, -0.15) is 0 Å². The summed E-state index contributed by atoms with van der Waals surface area (Å²) in [5, 5.41) is 23.5. The average Bonchev–Trinajstić information content (AvgIpc) is 2.86. The van der Waals surface area contributed by atoms with E-state index in [2.05, 4.69) is 4.98 Å². The minimum atomic E-state index is -1.30. The molecule has 0 saturated heterocycles. The van der Waals surface area contributed by atoms with E-state index in [1.807, 2.05) is 13.8 Å². The van der Waals surface area contributed by atoms with Crippen molar-refractivity contribution in [3.63, 3.8) is 0 Å². The maximum absolute atomic E-state index is 13.3. The minimum absolute atomic E-state index is 0.00277. The van der Waals surface area contributed by atoms with Crippen LogP contribution < -0.4 is 10.4 Å². The molecule has 5 rings (SSSR count). The van der Waals surface area contributed by atoms with E-state index < -0.39 is 58.2 Å². The Bertz CT molecular complexity index is 1340. The Morgan fingerprint density at radius 1 is 1.18 bits per heavy atom. The summed E-state index contributed by atoms with van der Waals surface area (Å²) >= 11 is 0. The average molecular weight is 542 g/mol. The first-order chi connectivity index (χ1) is 18.3. The third-order valence-electron chi connectivity index (χ3n) is 9.45. The van der Waals surface area contributed by atoms with Gasteiger partial charge in [-0.3, -0.25) is 14.6 Å². The second-order valence-corrected chi connectivity index (χ2v) is 11.9. The van der Waals surface area contributed by atoms with Crippen molar-refractivity contribution in [3.05, 3.63) is 46.6 Å². The number of hydrogen-bond acceptors (Lipinski definition) is 10. The lowest BCUT2D eigenvalue weighted by molar-refractivity contribution is -0.267. The molecule has 0 bridgehead atoms. The minimum Gasteiger partial charge on any atom is -0.484 e. The number of aromatic nitrogens is 1. The van der Waals surface area contributed by atoms with E-state index in [1.54, 1.807) is 37.5 Å². The Hall–Kier alpha value is -3.24. The normalized spacial score (nSPS) is 36.9. The van der Waals surface area contributed by atoms with Crippen LogP contribution in [0.4, 0.5) is 0 Å². The molecule has 3 heterocycles. The fraction of sp³-hybridized carbons (Fsp3) is 0.586. The van der Waals surface area contributed by atoms with E-state index in [-0.39, 0.29) is 36.0 Å². The van der Waals surface area contributed by atoms with Gasteiger partial charge in [-0.15, -0.1) is 0 Å². The molecule has 0 amide bonds. The van der Waals surface area contributed by atoms with Gasteiger partial charge in [-0.05, 0) is 49.7 Å². The highest BCUT2D eigenvalue weighted by atomic mass is 16.6. The highest BCUT2D eigenvalue weighted by molar-refractivity contribution is 5.67. The maximum Gasteiger partial charge on any atom is 0.345 e. The predicted molar refractivity (Wildman–Crippen MR) is 137 cm³/mol. The van der Waals surface area contributed by atoms with Crippen LogP contribution in [0.3, 0.4) is 0 Å². The van der Waals surface area contributed by atoms with E-state index in [4.69, 9.17) is 18.6 Å². The Labute approximate surface area is 226 Å². The molecule has 2 fully saturated rings. The number of rotatable bonds is 4. The summed E-state index contributed by atoms with van der Waals surface area (Å²) in [4.78, 5) is 41.1. The molecule has 2 N–H and O–H groups in total. The van der Waals surface area contributed by atoms with Crippen molar-refractivity contribution in [1.29, 1.82) is 0 Å². The van der Waals surface area contributed by atoms with Gasteiger partial charge < -0.3 is 28.8 Å². The number of aliphatic hydroxyl groups is 2. The lowest BCUT2D eigenvalue weighted by Crippen LogP contribution is -2.71. The molecule has 10 heteroatoms. The van der Waals surface area contributed by atoms with Gasteiger partial charge in [0.2, 0.25) is 0 Å². The molecule has 3 aliphatic rings. The van der Waals surface area contributed by atoms with Gasteiger partial charge in [0.1, 0.15) is 35.4 Å². The van der Waals surface area contributed by atoms with E-state index in [9.17, 15) is 24.6 Å². The lowest BCUT2D eigenvalue weighted by Gasteiger charge is -2.66. The molecular formula is C29H35NO9. The molecule has 0 aromatic carbocycles. The molecule has 10 nitrogen and oxygen atoms in total. The molecule has 4 unspecified atom stereocenters. The number of ether oxygens (including phenoxy) is 3. The topological polar surface area (TPSA) is 145 Å². The number of esters is 2. The molecule has 2 aromatic rings. The van der Waals surface area contributed by atoms with Crippen LogP contribution in [-0.4, -0.2) is 51.6 Å². The fourth-order valence-electron chi connectivity index (χ4n) is 7.69. The van der Waals surface area contributed by atoms with Crippen LogP contribution in [-0.2, 0) is 19.1 Å². The number of nitrogens with zero attached hydrogens (tertiary/aromatic N) is 1. The fourth-order valence-corrected chi connectivity index (χ4v) is 7.69. The first-order valence-electron chi connectivity index (χ1n) is 13.3. The van der Waals surface area contributed by atoms with Crippen molar-refractivity contribution in [2.45, 2.75) is 77.8 Å². The predicted octanol–water partition coefficient (Wildman–Crippen LogP) is 3.18. The molecule has 210 valence electrons. The zero-order valence-electron chi connectivity index (χ0n) is 22.8. The van der Waals surface area contributed by atoms with E-state index >= 15 is 0 Å². The molecule has 0 spiro atoms. The molecule has 2 saturated carbocycles. The van der Waals surface area contributed by atoms with Crippen molar-refractivity contribution in [1.82, 2.24) is 4.98 Å². The third-order valence-corrected chi connectivity index (χ3v) is 9.45. The molecule has 8 atom stereocenters. The summed E-state index contributed by atoms with van der Waals surface area (Å²) in [5.41, 5.74) is -2.94. The summed E-state index contributed by atoms with van der Waals surface area (Å²) in [5.74, 6) is -1.58. The second kappa shape index (κ2) is 9.45. The van der Waals surface area contributed by atoms with Gasteiger partial charge in [0, 0.05) is 49.2 Å². The van der Waals surface area contributed by atoms with Crippen molar-refractivity contribution in [2.75, 3.05) is 6.61 Å². The largest absolute Gasteiger partial charge is 0.484 e.